The lowest BCUT2D eigenvalue weighted by atomic mass is 10.1. The molecule has 0 radical (unpaired) electrons. The Bertz CT molecular complexity index is 474. The Morgan fingerprint density at radius 1 is 1.24 bits per heavy atom. The fourth-order valence-corrected chi connectivity index (χ4v) is 1.49. The minimum Gasteiger partial charge on any atom is -0.480 e. The number of carbonyl (C=O) groups excluding carboxylic acids is 2. The van der Waals surface area contributed by atoms with Crippen molar-refractivity contribution in [3.63, 3.8) is 0 Å². The van der Waals surface area contributed by atoms with Crippen LogP contribution in [0.5, 0.6) is 5.75 Å². The number of rotatable bonds is 8. The number of nitrogens with one attached hydrogen (secondary N) is 1. The van der Waals surface area contributed by atoms with E-state index < -0.39 is 5.97 Å². The largest absolute Gasteiger partial charge is 0.480 e. The number of ether oxygens (including phenoxy) is 2. The summed E-state index contributed by atoms with van der Waals surface area (Å²) in [6, 6.07) is 6.84. The highest BCUT2D eigenvalue weighted by Crippen LogP contribution is 2.19. The maximum atomic E-state index is 11.4. The number of amides is 1. The molecule has 116 valence electrons. The van der Waals surface area contributed by atoms with Crippen molar-refractivity contribution in [3.05, 3.63) is 24.3 Å². The van der Waals surface area contributed by atoms with Gasteiger partial charge in [0.2, 0.25) is 0 Å². The fraction of sp³-hybridized carbons (Fsp3) is 0.467. The maximum Gasteiger partial charge on any atom is 0.344 e. The summed E-state index contributed by atoms with van der Waals surface area (Å²) in [7, 11) is 0. The van der Waals surface area contributed by atoms with Crippen molar-refractivity contribution >= 4 is 17.6 Å². The Hall–Kier alpha value is -2.24. The van der Waals surface area contributed by atoms with Crippen molar-refractivity contribution in [1.29, 1.82) is 0 Å². The van der Waals surface area contributed by atoms with Gasteiger partial charge >= 0.3 is 5.97 Å². The molecular formula is C15H22N2O4. The number of nitrogen functional groups attached to an aromatic ring is 1. The molecule has 0 unspecified atom stereocenters. The Morgan fingerprint density at radius 2 is 1.95 bits per heavy atom. The lowest BCUT2D eigenvalue weighted by Crippen LogP contribution is -2.31. The third kappa shape index (κ3) is 7.20. The molecule has 0 fully saturated rings. The summed E-state index contributed by atoms with van der Waals surface area (Å²) in [5.41, 5.74) is 6.11. The number of esters is 1. The van der Waals surface area contributed by atoms with Crippen LogP contribution in [-0.4, -0.2) is 31.6 Å². The smallest absolute Gasteiger partial charge is 0.344 e. The summed E-state index contributed by atoms with van der Waals surface area (Å²) < 4.78 is 10.0. The summed E-state index contributed by atoms with van der Waals surface area (Å²) in [6.07, 6.45) is 0.885. The Morgan fingerprint density at radius 3 is 2.62 bits per heavy atom. The van der Waals surface area contributed by atoms with Crippen molar-refractivity contribution < 1.29 is 19.1 Å². The van der Waals surface area contributed by atoms with Gasteiger partial charge in [0.15, 0.2) is 13.2 Å². The van der Waals surface area contributed by atoms with Crippen LogP contribution in [0.15, 0.2) is 24.3 Å². The highest BCUT2D eigenvalue weighted by Gasteiger charge is 2.09. The zero-order valence-corrected chi connectivity index (χ0v) is 12.4. The highest BCUT2D eigenvalue weighted by atomic mass is 16.6. The summed E-state index contributed by atoms with van der Waals surface area (Å²) in [6.45, 7) is 4.13. The third-order valence-corrected chi connectivity index (χ3v) is 2.67. The first kappa shape index (κ1) is 16.8. The van der Waals surface area contributed by atoms with E-state index in [4.69, 9.17) is 15.2 Å². The van der Waals surface area contributed by atoms with E-state index >= 15 is 0 Å². The predicted octanol–water partition coefficient (Wildman–Crippen LogP) is 1.35. The molecule has 0 aromatic heterocycles. The first-order valence-corrected chi connectivity index (χ1v) is 6.88. The number of benzene rings is 1. The molecule has 1 aromatic rings. The van der Waals surface area contributed by atoms with E-state index in [-0.39, 0.29) is 19.1 Å². The van der Waals surface area contributed by atoms with Crippen LogP contribution in [0.3, 0.4) is 0 Å². The second-order valence-corrected chi connectivity index (χ2v) is 5.02. The SMILES string of the molecule is CC(C)CCNC(=O)COC(=O)COc1ccccc1N. The molecule has 0 heterocycles. The quantitative estimate of drug-likeness (QED) is 0.558. The van der Waals surface area contributed by atoms with Crippen molar-refractivity contribution in [3.8, 4) is 5.75 Å². The third-order valence-electron chi connectivity index (χ3n) is 2.67. The van der Waals surface area contributed by atoms with E-state index in [2.05, 4.69) is 19.2 Å². The number of para-hydroxylation sites is 2. The first-order chi connectivity index (χ1) is 9.99. The molecule has 0 aliphatic heterocycles. The number of hydrogen-bond donors (Lipinski definition) is 2. The molecule has 0 saturated heterocycles. The Balaban J connectivity index is 2.19. The summed E-state index contributed by atoms with van der Waals surface area (Å²) in [5.74, 6) is -0.00564. The van der Waals surface area contributed by atoms with Gasteiger partial charge in [-0.3, -0.25) is 4.79 Å². The number of carbonyl (C=O) groups is 2. The molecular weight excluding hydrogens is 272 g/mol. The average Bonchev–Trinajstić information content (AvgIpc) is 2.44. The van der Waals surface area contributed by atoms with Crippen LogP contribution >= 0.6 is 0 Å². The average molecular weight is 294 g/mol. The molecule has 21 heavy (non-hydrogen) atoms. The zero-order chi connectivity index (χ0) is 15.7. The lowest BCUT2D eigenvalue weighted by Gasteiger charge is -2.09. The fourth-order valence-electron chi connectivity index (χ4n) is 1.49. The van der Waals surface area contributed by atoms with Crippen molar-refractivity contribution in [1.82, 2.24) is 5.32 Å². The van der Waals surface area contributed by atoms with Gasteiger partial charge in [0.25, 0.3) is 5.91 Å². The summed E-state index contributed by atoms with van der Waals surface area (Å²) >= 11 is 0. The second kappa shape index (κ2) is 8.84. The van der Waals surface area contributed by atoms with Crippen LogP contribution in [0.2, 0.25) is 0 Å². The minimum atomic E-state index is -0.614. The number of anilines is 1. The van der Waals surface area contributed by atoms with Crippen molar-refractivity contribution in [2.45, 2.75) is 20.3 Å². The molecule has 6 nitrogen and oxygen atoms in total. The zero-order valence-electron chi connectivity index (χ0n) is 12.4. The molecule has 0 spiro atoms. The predicted molar refractivity (Wildman–Crippen MR) is 79.8 cm³/mol. The van der Waals surface area contributed by atoms with E-state index in [0.29, 0.717) is 23.9 Å². The van der Waals surface area contributed by atoms with Crippen molar-refractivity contribution in [2.24, 2.45) is 5.92 Å². The Labute approximate surface area is 124 Å². The van der Waals surface area contributed by atoms with Gasteiger partial charge < -0.3 is 20.5 Å². The number of hydrogen-bond acceptors (Lipinski definition) is 5. The summed E-state index contributed by atoms with van der Waals surface area (Å²) in [4.78, 5) is 22.9. The molecule has 1 aromatic carbocycles. The molecule has 0 aliphatic carbocycles. The van der Waals surface area contributed by atoms with Gasteiger partial charge in [-0.15, -0.1) is 0 Å². The van der Waals surface area contributed by atoms with Crippen LogP contribution in [0.1, 0.15) is 20.3 Å². The molecule has 3 N–H and O–H groups in total. The van der Waals surface area contributed by atoms with Crippen LogP contribution in [0, 0.1) is 5.92 Å². The molecule has 0 aliphatic rings. The van der Waals surface area contributed by atoms with Crippen LogP contribution in [-0.2, 0) is 14.3 Å². The van der Waals surface area contributed by atoms with Gasteiger partial charge in [-0.1, -0.05) is 26.0 Å². The van der Waals surface area contributed by atoms with Gasteiger partial charge in [-0.25, -0.2) is 4.79 Å². The van der Waals surface area contributed by atoms with E-state index in [0.717, 1.165) is 6.42 Å². The molecule has 1 amide bonds. The maximum absolute atomic E-state index is 11.4. The van der Waals surface area contributed by atoms with E-state index in [1.165, 1.54) is 0 Å². The first-order valence-electron chi connectivity index (χ1n) is 6.88. The highest BCUT2D eigenvalue weighted by molar-refractivity contribution is 5.80. The second-order valence-electron chi connectivity index (χ2n) is 5.02. The molecule has 6 heteroatoms. The monoisotopic (exact) mass is 294 g/mol. The van der Waals surface area contributed by atoms with Gasteiger partial charge in [0.05, 0.1) is 5.69 Å². The van der Waals surface area contributed by atoms with E-state index in [1.54, 1.807) is 24.3 Å². The molecule has 1 rings (SSSR count). The standard InChI is InChI=1S/C15H22N2O4/c1-11(2)7-8-17-14(18)9-21-15(19)10-20-13-6-4-3-5-12(13)16/h3-6,11H,7-10,16H2,1-2H3,(H,17,18). The van der Waals surface area contributed by atoms with Crippen molar-refractivity contribution in [2.75, 3.05) is 25.5 Å². The van der Waals surface area contributed by atoms with E-state index in [1.807, 2.05) is 0 Å². The Kier molecular flexibility index (Phi) is 7.08. The van der Waals surface area contributed by atoms with Gasteiger partial charge in [-0.05, 0) is 24.5 Å². The minimum absolute atomic E-state index is 0.284. The van der Waals surface area contributed by atoms with Crippen LogP contribution in [0.4, 0.5) is 5.69 Å². The van der Waals surface area contributed by atoms with Gasteiger partial charge in [-0.2, -0.15) is 0 Å². The molecule has 0 atom stereocenters. The van der Waals surface area contributed by atoms with Crippen LogP contribution in [0.25, 0.3) is 0 Å². The number of nitrogens with two attached hydrogens (primary N) is 1. The molecule has 0 bridgehead atoms. The van der Waals surface area contributed by atoms with Gasteiger partial charge in [0, 0.05) is 6.54 Å². The van der Waals surface area contributed by atoms with E-state index in [9.17, 15) is 9.59 Å². The summed E-state index contributed by atoms with van der Waals surface area (Å²) in [5, 5.41) is 2.68. The normalized spacial score (nSPS) is 10.2. The van der Waals surface area contributed by atoms with Crippen LogP contribution < -0.4 is 15.8 Å². The molecule has 0 saturated carbocycles. The topological polar surface area (TPSA) is 90.6 Å². The van der Waals surface area contributed by atoms with Gasteiger partial charge in [0.1, 0.15) is 5.75 Å². The lowest BCUT2D eigenvalue weighted by molar-refractivity contribution is -0.150.